The zero-order valence-electron chi connectivity index (χ0n) is 29.5. The van der Waals surface area contributed by atoms with Gasteiger partial charge in [-0.25, -0.2) is 9.98 Å². The van der Waals surface area contributed by atoms with Gasteiger partial charge >= 0.3 is 0 Å². The van der Waals surface area contributed by atoms with Crippen LogP contribution in [0.2, 0.25) is 0 Å². The fourth-order valence-corrected chi connectivity index (χ4v) is 8.11. The molecule has 3 aromatic carbocycles. The second-order valence-electron chi connectivity index (χ2n) is 13.1. The van der Waals surface area contributed by atoms with E-state index in [-0.39, 0.29) is 0 Å². The number of H-pyrrole nitrogens is 1. The summed E-state index contributed by atoms with van der Waals surface area (Å²) in [5.41, 5.74) is 19.0. The number of aliphatic imine (C=N–C) groups is 2. The van der Waals surface area contributed by atoms with Crippen LogP contribution >= 0.6 is 0 Å². The quantitative estimate of drug-likeness (QED) is 0.210. The Bertz CT molecular complexity index is 2300. The highest BCUT2D eigenvalue weighted by molar-refractivity contribution is 6.40. The molecule has 0 spiro atoms. The molecule has 0 amide bonds. The Kier molecular flexibility index (Phi) is 7.98. The van der Waals surface area contributed by atoms with Crippen LogP contribution in [0.25, 0.3) is 34.4 Å². The normalized spacial score (nSPS) is 17.6. The minimum Gasteiger partial charge on any atom is -0.355 e. The van der Waals surface area contributed by atoms with Crippen molar-refractivity contribution in [3.8, 4) is 0 Å². The average Bonchev–Trinajstić information content (AvgIpc) is 3.83. The van der Waals surface area contributed by atoms with E-state index in [4.69, 9.17) is 19.5 Å². The van der Waals surface area contributed by atoms with Gasteiger partial charge in [0.15, 0.2) is 0 Å². The molecule has 50 heavy (non-hydrogen) atoms. The number of methoxy groups -OCH3 is 2. The minimum absolute atomic E-state index is 0.839. The summed E-state index contributed by atoms with van der Waals surface area (Å²) >= 11 is 0. The van der Waals surface area contributed by atoms with E-state index in [1.165, 1.54) is 16.7 Å². The van der Waals surface area contributed by atoms with Gasteiger partial charge in [-0.2, -0.15) is 0 Å². The molecular weight excluding hydrogens is 615 g/mol. The lowest BCUT2D eigenvalue weighted by atomic mass is 9.91. The van der Waals surface area contributed by atoms with E-state index in [1.807, 2.05) is 0 Å². The van der Waals surface area contributed by atoms with E-state index in [9.17, 15) is 0 Å². The number of ether oxygens (including phenoxy) is 2. The summed E-state index contributed by atoms with van der Waals surface area (Å²) < 4.78 is 12.8. The van der Waals surface area contributed by atoms with E-state index in [0.717, 1.165) is 97.2 Å². The van der Waals surface area contributed by atoms with Crippen LogP contribution in [-0.2, 0) is 15.9 Å². The van der Waals surface area contributed by atoms with E-state index in [1.54, 1.807) is 14.2 Å². The Balaban J connectivity index is 1.50. The number of aromatic nitrogens is 1. The van der Waals surface area contributed by atoms with Gasteiger partial charge in [0.25, 0.3) is 0 Å². The third kappa shape index (κ3) is 4.84. The summed E-state index contributed by atoms with van der Waals surface area (Å²) in [4.78, 5) is 14.6. The molecule has 4 heterocycles. The first kappa shape index (κ1) is 31.9. The number of hydrogen-bond acceptors (Lipinski definition) is 4. The van der Waals surface area contributed by atoms with Gasteiger partial charge in [0.05, 0.1) is 22.8 Å². The zero-order chi connectivity index (χ0) is 34.6. The molecule has 0 radical (unpaired) electrons. The van der Waals surface area contributed by atoms with Crippen molar-refractivity contribution in [2.75, 3.05) is 14.2 Å². The Morgan fingerprint density at radius 2 is 1.18 bits per heavy atom. The van der Waals surface area contributed by atoms with Crippen LogP contribution in [0, 0.1) is 6.92 Å². The van der Waals surface area contributed by atoms with E-state index < -0.39 is 5.79 Å². The zero-order valence-corrected chi connectivity index (χ0v) is 29.5. The van der Waals surface area contributed by atoms with Gasteiger partial charge in [-0.3, -0.25) is 0 Å². The maximum Gasteiger partial charge on any atom is 0.223 e. The molecule has 0 saturated heterocycles. The lowest BCUT2D eigenvalue weighted by molar-refractivity contribution is -0.113. The predicted molar refractivity (Wildman–Crippen MR) is 208 cm³/mol. The number of allylic oxidation sites excluding steroid dienone is 6. The molecule has 0 unspecified atom stereocenters. The Morgan fingerprint density at radius 1 is 0.600 bits per heavy atom. The maximum absolute atomic E-state index is 6.42. The van der Waals surface area contributed by atoms with Gasteiger partial charge < -0.3 is 14.5 Å². The van der Waals surface area contributed by atoms with Crippen molar-refractivity contribution in [2.24, 2.45) is 9.98 Å². The average molecular weight is 656 g/mol. The predicted octanol–water partition coefficient (Wildman–Crippen LogP) is 10.3. The van der Waals surface area contributed by atoms with Gasteiger partial charge in [-0.1, -0.05) is 98.8 Å². The SMILES string of the molecule is CCC1=C(C)C2=NC1=CC1=NC(=Cc3[nH]c(c(C)c3CC)C=C3c4ccccc4C(=C2)C3(OC)OC)C(c2ccccc2)=C1c1ccccc1. The lowest BCUT2D eigenvalue weighted by Crippen LogP contribution is -2.33. The highest BCUT2D eigenvalue weighted by Crippen LogP contribution is 2.52. The lowest BCUT2D eigenvalue weighted by Gasteiger charge is -2.30. The van der Waals surface area contributed by atoms with Gasteiger partial charge in [-0.15, -0.1) is 0 Å². The molecule has 1 aromatic heterocycles. The van der Waals surface area contributed by atoms with Crippen molar-refractivity contribution in [3.63, 3.8) is 0 Å². The van der Waals surface area contributed by atoms with Gasteiger partial charge in [-0.05, 0) is 95.5 Å². The number of rotatable bonds is 6. The van der Waals surface area contributed by atoms with Crippen LogP contribution in [0.15, 0.2) is 130 Å². The van der Waals surface area contributed by atoms with Crippen LogP contribution in [0.1, 0.15) is 72.0 Å². The van der Waals surface area contributed by atoms with E-state index in [2.05, 4.69) is 142 Å². The summed E-state index contributed by atoms with van der Waals surface area (Å²) in [5.74, 6) is -1.13. The van der Waals surface area contributed by atoms with Crippen LogP contribution in [0.4, 0.5) is 0 Å². The van der Waals surface area contributed by atoms with Crippen molar-refractivity contribution in [1.82, 2.24) is 4.98 Å². The molecule has 5 nitrogen and oxygen atoms in total. The molecular formula is C45H41N3O2. The summed E-state index contributed by atoms with van der Waals surface area (Å²) in [6.07, 6.45) is 10.5. The van der Waals surface area contributed by atoms with Crippen molar-refractivity contribution < 1.29 is 9.47 Å². The second-order valence-corrected chi connectivity index (χ2v) is 13.1. The molecule has 1 N–H and O–H groups in total. The van der Waals surface area contributed by atoms with Crippen molar-refractivity contribution in [1.29, 1.82) is 0 Å². The number of nitrogens with zero attached hydrogens (tertiary/aromatic N) is 2. The standard InChI is InChI=1S/C45H41N3O2/c1-7-31-27(3)37-23-35-33-21-15-16-22-34(33)36(45(35,49-5)50-6)24-38-28(4)32(8-2)40(47-38)26-42-44(30-19-13-10-14-20-30)43(29-17-11-9-12-18-29)41(48-42)25-39(31)46-37/h9-26,46H,7-8H2,1-6H3. The molecule has 0 atom stereocenters. The fourth-order valence-electron chi connectivity index (χ4n) is 8.11. The Labute approximate surface area is 294 Å². The number of hydrogen-bond donors (Lipinski definition) is 1. The highest BCUT2D eigenvalue weighted by atomic mass is 16.7. The molecule has 248 valence electrons. The van der Waals surface area contributed by atoms with Crippen molar-refractivity contribution in [3.05, 3.63) is 164 Å². The molecule has 5 heteroatoms. The highest BCUT2D eigenvalue weighted by Gasteiger charge is 2.48. The van der Waals surface area contributed by atoms with Gasteiger partial charge in [0, 0.05) is 47.9 Å². The topological polar surface area (TPSA) is 59.0 Å². The van der Waals surface area contributed by atoms with E-state index in [0.29, 0.717) is 0 Å². The molecule has 0 fully saturated rings. The van der Waals surface area contributed by atoms with Crippen LogP contribution in [0.3, 0.4) is 0 Å². The monoisotopic (exact) mass is 655 g/mol. The van der Waals surface area contributed by atoms with Crippen molar-refractivity contribution in [2.45, 2.75) is 46.3 Å². The van der Waals surface area contributed by atoms with Crippen molar-refractivity contribution >= 4 is 45.9 Å². The number of benzene rings is 3. The molecule has 8 bridgehead atoms. The van der Waals surface area contributed by atoms with Crippen LogP contribution in [-0.4, -0.2) is 36.4 Å². The minimum atomic E-state index is -1.13. The largest absolute Gasteiger partial charge is 0.355 e. The summed E-state index contributed by atoms with van der Waals surface area (Å²) in [6.45, 7) is 8.78. The second kappa shape index (κ2) is 12.5. The first-order chi connectivity index (χ1) is 24.4. The fraction of sp³-hybridized carbons (Fsp3) is 0.200. The van der Waals surface area contributed by atoms with Crippen LogP contribution < -0.4 is 0 Å². The smallest absolute Gasteiger partial charge is 0.223 e. The summed E-state index contributed by atoms with van der Waals surface area (Å²) in [7, 11) is 3.45. The van der Waals surface area contributed by atoms with Crippen LogP contribution in [0.5, 0.6) is 0 Å². The maximum atomic E-state index is 6.42. The van der Waals surface area contributed by atoms with E-state index >= 15 is 0 Å². The number of aromatic amines is 1. The molecule has 4 aliphatic rings. The number of nitrogens with one attached hydrogen (secondary N) is 1. The summed E-state index contributed by atoms with van der Waals surface area (Å²) in [6, 6.07) is 29.7. The van der Waals surface area contributed by atoms with Gasteiger partial charge in [0.2, 0.25) is 5.79 Å². The summed E-state index contributed by atoms with van der Waals surface area (Å²) in [5, 5.41) is 0. The molecule has 1 aliphatic carbocycles. The molecule has 4 aromatic rings. The van der Waals surface area contributed by atoms with Gasteiger partial charge in [0.1, 0.15) is 0 Å². The first-order valence-corrected chi connectivity index (χ1v) is 17.4. The Morgan fingerprint density at radius 3 is 1.78 bits per heavy atom. The Hall–Kier alpha value is -5.36. The molecule has 8 rings (SSSR count). The third-order valence-corrected chi connectivity index (χ3v) is 10.6. The third-order valence-electron chi connectivity index (χ3n) is 10.6. The molecule has 3 aliphatic heterocycles. The first-order valence-electron chi connectivity index (χ1n) is 17.4. The molecule has 0 saturated carbocycles. The number of fused-ring (bicyclic) bond motifs is 9.